The molecule has 1 heterocycles. The van der Waals surface area contributed by atoms with Gasteiger partial charge in [0.1, 0.15) is 5.75 Å². The monoisotopic (exact) mass is 249 g/mol. The van der Waals surface area contributed by atoms with Crippen LogP contribution in [0.2, 0.25) is 0 Å². The van der Waals surface area contributed by atoms with Gasteiger partial charge in [-0.25, -0.2) is 0 Å². The summed E-state index contributed by atoms with van der Waals surface area (Å²) in [6, 6.07) is 8.93. The van der Waals surface area contributed by atoms with E-state index < -0.39 is 0 Å². The van der Waals surface area contributed by atoms with Crippen LogP contribution in [0.15, 0.2) is 24.3 Å². The number of methoxy groups -OCH3 is 1. The summed E-state index contributed by atoms with van der Waals surface area (Å²) in [6.07, 6.45) is 3.33. The molecule has 1 N–H and O–H groups in total. The van der Waals surface area contributed by atoms with Gasteiger partial charge in [-0.15, -0.1) is 0 Å². The Hall–Kier alpha value is -1.06. The lowest BCUT2D eigenvalue weighted by Gasteiger charge is -2.29. The van der Waals surface area contributed by atoms with Gasteiger partial charge in [0.2, 0.25) is 0 Å². The van der Waals surface area contributed by atoms with Crippen molar-refractivity contribution >= 4 is 0 Å². The molecule has 2 unspecified atom stereocenters. The standard InChI is InChI=1S/C15H23NO2/c1-16-13(8-9-17-2)11-12-7-10-18-15-6-4-3-5-14(12)15/h3-6,12-13,16H,7-11H2,1-2H3. The van der Waals surface area contributed by atoms with Gasteiger partial charge in [-0.1, -0.05) is 18.2 Å². The smallest absolute Gasteiger partial charge is 0.122 e. The van der Waals surface area contributed by atoms with E-state index in [2.05, 4.69) is 23.5 Å². The lowest BCUT2D eigenvalue weighted by Crippen LogP contribution is -2.30. The molecule has 1 aliphatic rings. The van der Waals surface area contributed by atoms with E-state index in [-0.39, 0.29) is 0 Å². The van der Waals surface area contributed by atoms with Crippen LogP contribution in [0.5, 0.6) is 5.75 Å². The molecule has 0 radical (unpaired) electrons. The molecular formula is C15H23NO2. The first-order valence-corrected chi connectivity index (χ1v) is 6.73. The quantitative estimate of drug-likeness (QED) is 0.840. The van der Waals surface area contributed by atoms with E-state index in [1.165, 1.54) is 5.56 Å². The first kappa shape index (κ1) is 13.4. The molecular weight excluding hydrogens is 226 g/mol. The Kier molecular flexibility index (Phi) is 5.02. The van der Waals surface area contributed by atoms with Crippen molar-refractivity contribution in [3.05, 3.63) is 29.8 Å². The molecule has 2 rings (SSSR count). The highest BCUT2D eigenvalue weighted by Gasteiger charge is 2.23. The van der Waals surface area contributed by atoms with Crippen molar-refractivity contribution in [2.24, 2.45) is 0 Å². The third-order valence-corrected chi connectivity index (χ3v) is 3.73. The molecule has 0 spiro atoms. The van der Waals surface area contributed by atoms with Gasteiger partial charge in [0.25, 0.3) is 0 Å². The van der Waals surface area contributed by atoms with Crippen molar-refractivity contribution in [2.75, 3.05) is 27.4 Å². The minimum absolute atomic E-state index is 0.515. The van der Waals surface area contributed by atoms with Crippen molar-refractivity contribution in [3.63, 3.8) is 0 Å². The highest BCUT2D eigenvalue weighted by molar-refractivity contribution is 5.37. The predicted octanol–water partition coefficient (Wildman–Crippen LogP) is 2.57. The van der Waals surface area contributed by atoms with E-state index >= 15 is 0 Å². The second-order valence-corrected chi connectivity index (χ2v) is 4.87. The average molecular weight is 249 g/mol. The molecule has 1 aliphatic heterocycles. The molecule has 3 heteroatoms. The summed E-state index contributed by atoms with van der Waals surface area (Å²) in [5.74, 6) is 1.67. The summed E-state index contributed by atoms with van der Waals surface area (Å²) < 4.78 is 10.9. The zero-order valence-corrected chi connectivity index (χ0v) is 11.3. The van der Waals surface area contributed by atoms with Crippen LogP contribution in [0.25, 0.3) is 0 Å². The highest BCUT2D eigenvalue weighted by atomic mass is 16.5. The van der Waals surface area contributed by atoms with Gasteiger partial charge in [0.05, 0.1) is 6.61 Å². The summed E-state index contributed by atoms with van der Waals surface area (Å²) in [6.45, 7) is 1.65. The second-order valence-electron chi connectivity index (χ2n) is 4.87. The van der Waals surface area contributed by atoms with E-state index in [0.717, 1.165) is 38.2 Å². The van der Waals surface area contributed by atoms with Crippen LogP contribution in [-0.2, 0) is 4.74 Å². The lowest BCUT2D eigenvalue weighted by molar-refractivity contribution is 0.178. The molecule has 0 fully saturated rings. The van der Waals surface area contributed by atoms with Crippen LogP contribution >= 0.6 is 0 Å². The van der Waals surface area contributed by atoms with Gasteiger partial charge < -0.3 is 14.8 Å². The Balaban J connectivity index is 2.01. The maximum Gasteiger partial charge on any atom is 0.122 e. The summed E-state index contributed by atoms with van der Waals surface area (Å²) in [7, 11) is 3.79. The SMILES string of the molecule is CNC(CCOC)CC1CCOc2ccccc21. The summed E-state index contributed by atoms with van der Waals surface area (Å²) in [4.78, 5) is 0. The van der Waals surface area contributed by atoms with Crippen molar-refractivity contribution < 1.29 is 9.47 Å². The van der Waals surface area contributed by atoms with Gasteiger partial charge >= 0.3 is 0 Å². The van der Waals surface area contributed by atoms with Gasteiger partial charge in [0, 0.05) is 19.8 Å². The minimum atomic E-state index is 0.515. The summed E-state index contributed by atoms with van der Waals surface area (Å²) >= 11 is 0. The zero-order valence-electron chi connectivity index (χ0n) is 11.3. The van der Waals surface area contributed by atoms with Crippen molar-refractivity contribution in [1.82, 2.24) is 5.32 Å². The molecule has 0 saturated carbocycles. The molecule has 0 aromatic heterocycles. The number of nitrogens with one attached hydrogen (secondary N) is 1. The van der Waals surface area contributed by atoms with E-state index in [9.17, 15) is 0 Å². The normalized spacial score (nSPS) is 20.0. The molecule has 0 amide bonds. The van der Waals surface area contributed by atoms with Crippen LogP contribution < -0.4 is 10.1 Å². The Labute approximate surface area is 109 Å². The second kappa shape index (κ2) is 6.76. The number of para-hydroxylation sites is 1. The Morgan fingerprint density at radius 1 is 1.44 bits per heavy atom. The number of ether oxygens (including phenoxy) is 2. The van der Waals surface area contributed by atoms with Gasteiger partial charge in [-0.2, -0.15) is 0 Å². The zero-order chi connectivity index (χ0) is 12.8. The van der Waals surface area contributed by atoms with Crippen molar-refractivity contribution in [2.45, 2.75) is 31.2 Å². The number of hydrogen-bond acceptors (Lipinski definition) is 3. The minimum Gasteiger partial charge on any atom is -0.493 e. The van der Waals surface area contributed by atoms with Crippen LogP contribution in [-0.4, -0.2) is 33.4 Å². The molecule has 0 saturated heterocycles. The van der Waals surface area contributed by atoms with E-state index in [1.807, 2.05) is 13.1 Å². The highest BCUT2D eigenvalue weighted by Crippen LogP contribution is 2.36. The third kappa shape index (κ3) is 3.24. The fourth-order valence-corrected chi connectivity index (χ4v) is 2.64. The van der Waals surface area contributed by atoms with Crippen LogP contribution in [0.4, 0.5) is 0 Å². The topological polar surface area (TPSA) is 30.5 Å². The largest absolute Gasteiger partial charge is 0.493 e. The average Bonchev–Trinajstić information content (AvgIpc) is 2.43. The molecule has 100 valence electrons. The Bertz CT molecular complexity index is 367. The molecule has 0 aliphatic carbocycles. The summed E-state index contributed by atoms with van der Waals surface area (Å²) in [5.41, 5.74) is 1.36. The van der Waals surface area contributed by atoms with E-state index in [4.69, 9.17) is 9.47 Å². The molecule has 0 bridgehead atoms. The molecule has 18 heavy (non-hydrogen) atoms. The first-order chi connectivity index (χ1) is 8.85. The number of benzene rings is 1. The van der Waals surface area contributed by atoms with Crippen molar-refractivity contribution in [1.29, 1.82) is 0 Å². The number of rotatable bonds is 6. The van der Waals surface area contributed by atoms with Crippen molar-refractivity contribution in [3.8, 4) is 5.75 Å². The van der Waals surface area contributed by atoms with Gasteiger partial charge in [-0.05, 0) is 43.9 Å². The fraction of sp³-hybridized carbons (Fsp3) is 0.600. The first-order valence-electron chi connectivity index (χ1n) is 6.73. The number of fused-ring (bicyclic) bond motifs is 1. The fourth-order valence-electron chi connectivity index (χ4n) is 2.64. The summed E-state index contributed by atoms with van der Waals surface area (Å²) in [5, 5.41) is 3.39. The third-order valence-electron chi connectivity index (χ3n) is 3.73. The van der Waals surface area contributed by atoms with Crippen LogP contribution in [0.1, 0.15) is 30.7 Å². The van der Waals surface area contributed by atoms with Crippen LogP contribution in [0, 0.1) is 0 Å². The predicted molar refractivity (Wildman–Crippen MR) is 73.3 cm³/mol. The number of hydrogen-bond donors (Lipinski definition) is 1. The molecule has 1 aromatic rings. The molecule has 1 aromatic carbocycles. The van der Waals surface area contributed by atoms with Crippen LogP contribution in [0.3, 0.4) is 0 Å². The Morgan fingerprint density at radius 2 is 2.28 bits per heavy atom. The van der Waals surface area contributed by atoms with Gasteiger partial charge in [0.15, 0.2) is 0 Å². The van der Waals surface area contributed by atoms with Gasteiger partial charge in [-0.3, -0.25) is 0 Å². The molecule has 2 atom stereocenters. The Morgan fingerprint density at radius 3 is 3.06 bits per heavy atom. The maximum atomic E-state index is 5.70. The van der Waals surface area contributed by atoms with E-state index in [1.54, 1.807) is 7.11 Å². The molecule has 3 nitrogen and oxygen atoms in total. The van der Waals surface area contributed by atoms with E-state index in [0.29, 0.717) is 12.0 Å². The lowest BCUT2D eigenvalue weighted by atomic mass is 9.87. The maximum absolute atomic E-state index is 5.70.